The van der Waals surface area contributed by atoms with Gasteiger partial charge in [0.1, 0.15) is 12.3 Å². The Balaban J connectivity index is 1.39. The topological polar surface area (TPSA) is 171 Å². The van der Waals surface area contributed by atoms with Crippen LogP contribution < -0.4 is 9.08 Å². The molecule has 0 saturated carbocycles. The van der Waals surface area contributed by atoms with Gasteiger partial charge in [0.25, 0.3) is 21.9 Å². The molecule has 5 rings (SSSR count). The summed E-state index contributed by atoms with van der Waals surface area (Å²) in [4.78, 5) is 42.7. The van der Waals surface area contributed by atoms with Crippen molar-refractivity contribution >= 4 is 56.3 Å². The fraction of sp³-hybridized carbons (Fsp3) is 0.429. The highest BCUT2D eigenvalue weighted by Gasteiger charge is 2.45. The van der Waals surface area contributed by atoms with Gasteiger partial charge in [-0.05, 0) is 75.6 Å². The molecule has 0 bridgehead atoms. The molecule has 268 valence electrons. The van der Waals surface area contributed by atoms with Crippen LogP contribution >= 0.6 is 0 Å². The van der Waals surface area contributed by atoms with E-state index in [1.807, 2.05) is 45.1 Å². The van der Waals surface area contributed by atoms with Gasteiger partial charge in [-0.15, -0.1) is 5.06 Å². The fourth-order valence-electron chi connectivity index (χ4n) is 6.94. The summed E-state index contributed by atoms with van der Waals surface area (Å²) in [7, 11) is -4.37. The van der Waals surface area contributed by atoms with E-state index >= 15 is 0 Å². The first-order valence-electron chi connectivity index (χ1n) is 16.4. The molecule has 0 aliphatic carbocycles. The molecule has 15 heteroatoms. The highest BCUT2D eigenvalue weighted by molar-refractivity contribution is 7.85. The number of nitrogens with zero attached hydrogens (tertiary/aromatic N) is 3. The number of benzene rings is 2. The SMILES string of the molecule is CCN1C(=CC=CC2=[N+](CCCCCC(=O)ON3C(=O)CCC3=O)c3ccc(OS(=O)O)cc3C2(C)C)C(C)(C)c2cc(S(=O)(=O)O)ccc21. The minimum absolute atomic E-state index is 0.0375. The van der Waals surface area contributed by atoms with Gasteiger partial charge in [-0.25, -0.2) is 4.79 Å². The largest absolute Gasteiger partial charge is 0.380 e. The molecule has 13 nitrogen and oxygen atoms in total. The molecule has 0 spiro atoms. The summed E-state index contributed by atoms with van der Waals surface area (Å²) in [6.07, 6.45) is 7.98. The Kier molecular flexibility index (Phi) is 10.5. The Hall–Kier alpha value is -4.18. The predicted octanol–water partition coefficient (Wildman–Crippen LogP) is 5.25. The molecule has 1 saturated heterocycles. The lowest BCUT2D eigenvalue weighted by atomic mass is 9.81. The molecule has 2 aromatic carbocycles. The van der Waals surface area contributed by atoms with Gasteiger partial charge in [0.2, 0.25) is 5.69 Å². The lowest BCUT2D eigenvalue weighted by Crippen LogP contribution is -2.31. The summed E-state index contributed by atoms with van der Waals surface area (Å²) in [6.45, 7) is 11.4. The predicted molar refractivity (Wildman–Crippen MR) is 186 cm³/mol. The zero-order chi connectivity index (χ0) is 36.6. The molecule has 1 unspecified atom stereocenters. The van der Waals surface area contributed by atoms with Gasteiger partial charge in [-0.1, -0.05) is 19.9 Å². The monoisotopic (exact) mass is 728 g/mol. The van der Waals surface area contributed by atoms with E-state index in [2.05, 4.69) is 23.3 Å². The van der Waals surface area contributed by atoms with Gasteiger partial charge in [0.15, 0.2) is 5.71 Å². The molecule has 0 radical (unpaired) electrons. The van der Waals surface area contributed by atoms with Crippen LogP contribution in [0.15, 0.2) is 65.2 Å². The van der Waals surface area contributed by atoms with Crippen LogP contribution in [0.3, 0.4) is 0 Å². The van der Waals surface area contributed by atoms with E-state index in [4.69, 9.17) is 9.02 Å². The van der Waals surface area contributed by atoms with E-state index in [0.29, 0.717) is 37.4 Å². The lowest BCUT2D eigenvalue weighted by Gasteiger charge is -2.25. The number of anilines is 1. The second-order valence-corrected chi connectivity index (χ2v) is 15.5. The molecule has 3 heterocycles. The highest BCUT2D eigenvalue weighted by Crippen LogP contribution is 2.48. The Morgan fingerprint density at radius 3 is 2.34 bits per heavy atom. The van der Waals surface area contributed by atoms with Crippen molar-refractivity contribution in [2.75, 3.05) is 18.0 Å². The minimum Gasteiger partial charge on any atom is -0.380 e. The van der Waals surface area contributed by atoms with Crippen molar-refractivity contribution < 1.29 is 49.7 Å². The van der Waals surface area contributed by atoms with Gasteiger partial charge in [-0.3, -0.25) is 18.7 Å². The average molecular weight is 729 g/mol. The van der Waals surface area contributed by atoms with E-state index in [0.717, 1.165) is 33.9 Å². The van der Waals surface area contributed by atoms with Crippen molar-refractivity contribution in [3.63, 3.8) is 0 Å². The van der Waals surface area contributed by atoms with Crippen LogP contribution in [0.4, 0.5) is 11.4 Å². The standard InChI is InChI=1S/C35H41N3O10S2/c1-6-36-27-17-15-24(50(44,45)46)22-26(27)35(4,5)29(36)11-10-12-30-34(2,3)25-21-23(48-49(42)43)14-16-28(25)37(30)20-9-7-8-13-33(41)47-38-31(39)18-19-32(38)40/h10-12,14-17,21-22H,6-9,13,18-20H2,1-5H3,(H-,42,43,44,45,46)/p+1. The number of amides is 2. The molecule has 1 fully saturated rings. The fourth-order valence-corrected chi connectivity index (χ4v) is 7.71. The quantitative estimate of drug-likeness (QED) is 0.0908. The van der Waals surface area contributed by atoms with Gasteiger partial charge < -0.3 is 13.9 Å². The Labute approximate surface area is 294 Å². The number of rotatable bonds is 13. The maximum atomic E-state index is 12.3. The number of fused-ring (bicyclic) bond motifs is 2. The third-order valence-corrected chi connectivity index (χ3v) is 10.7. The number of unbranched alkanes of at least 4 members (excludes halogenated alkanes) is 2. The molecular formula is C35H42N3O10S2+. The molecule has 2 aromatic rings. The minimum atomic E-state index is -4.37. The Morgan fingerprint density at radius 2 is 1.70 bits per heavy atom. The van der Waals surface area contributed by atoms with Crippen LogP contribution in [-0.4, -0.2) is 68.0 Å². The van der Waals surface area contributed by atoms with Crippen molar-refractivity contribution in [2.45, 2.75) is 88.9 Å². The summed E-state index contributed by atoms with van der Waals surface area (Å²) in [5.41, 5.74) is 4.26. The summed E-state index contributed by atoms with van der Waals surface area (Å²) in [6, 6.07) is 9.89. The normalized spacial score (nSPS) is 19.5. The molecule has 2 amide bonds. The number of hydrogen-bond acceptors (Lipinski definition) is 9. The van der Waals surface area contributed by atoms with Gasteiger partial charge >= 0.3 is 17.3 Å². The van der Waals surface area contributed by atoms with Crippen molar-refractivity contribution in [1.29, 1.82) is 0 Å². The molecule has 1 atom stereocenters. The average Bonchev–Trinajstić information content (AvgIpc) is 3.55. The van der Waals surface area contributed by atoms with Gasteiger partial charge in [0, 0.05) is 66.7 Å². The number of allylic oxidation sites excluding steroid dienone is 4. The number of carbonyl (C=O) groups is 3. The molecule has 3 aliphatic rings. The Morgan fingerprint density at radius 1 is 1.00 bits per heavy atom. The summed E-state index contributed by atoms with van der Waals surface area (Å²) < 4.78 is 61.5. The van der Waals surface area contributed by atoms with Crippen molar-refractivity contribution in [3.05, 3.63) is 71.5 Å². The Bertz CT molecular complexity index is 1950. The van der Waals surface area contributed by atoms with E-state index < -0.39 is 50.1 Å². The molecular weight excluding hydrogens is 687 g/mol. The highest BCUT2D eigenvalue weighted by atomic mass is 32.2. The van der Waals surface area contributed by atoms with Crippen LogP contribution in [0.25, 0.3) is 0 Å². The number of carbonyl (C=O) groups excluding carboxylic acids is 3. The van der Waals surface area contributed by atoms with Crippen LogP contribution in [0.5, 0.6) is 5.75 Å². The van der Waals surface area contributed by atoms with E-state index in [1.54, 1.807) is 18.2 Å². The van der Waals surface area contributed by atoms with Crippen molar-refractivity contribution in [1.82, 2.24) is 5.06 Å². The first-order chi connectivity index (χ1) is 23.5. The number of imide groups is 1. The van der Waals surface area contributed by atoms with Crippen molar-refractivity contribution in [2.24, 2.45) is 0 Å². The van der Waals surface area contributed by atoms with Crippen molar-refractivity contribution in [3.8, 4) is 5.75 Å². The summed E-state index contributed by atoms with van der Waals surface area (Å²) in [5, 5.41) is 0.556. The first-order valence-corrected chi connectivity index (χ1v) is 18.9. The molecule has 2 N–H and O–H groups in total. The van der Waals surface area contributed by atoms with E-state index in [1.165, 1.54) is 12.1 Å². The van der Waals surface area contributed by atoms with Crippen LogP contribution in [0, 0.1) is 0 Å². The maximum Gasteiger partial charge on any atom is 0.357 e. The molecule has 3 aliphatic heterocycles. The zero-order valence-electron chi connectivity index (χ0n) is 28.7. The second-order valence-electron chi connectivity index (χ2n) is 13.4. The van der Waals surface area contributed by atoms with Crippen LogP contribution in [0.2, 0.25) is 0 Å². The van der Waals surface area contributed by atoms with Crippen LogP contribution in [0.1, 0.15) is 84.3 Å². The second kappa shape index (κ2) is 14.2. The number of likely N-dealkylation sites (N-methyl/N-ethyl adjacent to an activating group) is 1. The first kappa shape index (κ1) is 37.1. The molecule has 0 aromatic heterocycles. The lowest BCUT2D eigenvalue weighted by molar-refractivity contribution is -0.438. The molecule has 50 heavy (non-hydrogen) atoms. The zero-order valence-corrected chi connectivity index (χ0v) is 30.3. The third kappa shape index (κ3) is 7.31. The maximum absolute atomic E-state index is 12.3. The van der Waals surface area contributed by atoms with Crippen LogP contribution in [-0.2, 0) is 51.5 Å². The summed E-state index contributed by atoms with van der Waals surface area (Å²) in [5.74, 6) is -1.41. The van der Waals surface area contributed by atoms with E-state index in [9.17, 15) is 36.1 Å². The third-order valence-electron chi connectivity index (χ3n) is 9.48. The smallest absolute Gasteiger partial charge is 0.357 e. The van der Waals surface area contributed by atoms with Gasteiger partial charge in [0.05, 0.1) is 10.3 Å². The number of hydrogen-bond donors (Lipinski definition) is 2. The van der Waals surface area contributed by atoms with E-state index in [-0.39, 0.29) is 29.9 Å². The van der Waals surface area contributed by atoms with Gasteiger partial charge in [-0.2, -0.15) is 17.2 Å². The number of hydroxylamine groups is 2. The summed E-state index contributed by atoms with van der Waals surface area (Å²) >= 11 is -2.49.